The van der Waals surface area contributed by atoms with Gasteiger partial charge in [-0.05, 0) is 19.9 Å². The van der Waals surface area contributed by atoms with Gasteiger partial charge in [-0.15, -0.1) is 0 Å². The standard InChI is InChI=1S/C15H16O4/c1-4-18-14-8-13(19-10(3)16)11-6-5-9(2)7-12(11)15(14)17/h5-8,17H,4H2,1-3H3. The van der Waals surface area contributed by atoms with Gasteiger partial charge in [-0.25, -0.2) is 0 Å². The number of phenols is 1. The molecule has 0 bridgehead atoms. The summed E-state index contributed by atoms with van der Waals surface area (Å²) in [7, 11) is 0. The second-order valence-corrected chi connectivity index (χ2v) is 4.30. The summed E-state index contributed by atoms with van der Waals surface area (Å²) in [5.41, 5.74) is 1.00. The molecule has 0 spiro atoms. The molecule has 0 saturated carbocycles. The van der Waals surface area contributed by atoms with Crippen LogP contribution in [0.3, 0.4) is 0 Å². The number of fused-ring (bicyclic) bond motifs is 1. The fraction of sp³-hybridized carbons (Fsp3) is 0.267. The molecule has 4 nitrogen and oxygen atoms in total. The second-order valence-electron chi connectivity index (χ2n) is 4.30. The highest BCUT2D eigenvalue weighted by molar-refractivity contribution is 5.97. The zero-order valence-corrected chi connectivity index (χ0v) is 11.2. The Morgan fingerprint density at radius 3 is 2.58 bits per heavy atom. The van der Waals surface area contributed by atoms with Gasteiger partial charge in [0.1, 0.15) is 5.75 Å². The Balaban J connectivity index is 2.71. The SMILES string of the molecule is CCOc1cc(OC(C)=O)c2ccc(C)cc2c1O. The molecule has 4 heteroatoms. The third-order valence-electron chi connectivity index (χ3n) is 2.74. The predicted molar refractivity (Wildman–Crippen MR) is 72.8 cm³/mol. The molecule has 100 valence electrons. The van der Waals surface area contributed by atoms with Gasteiger partial charge in [-0.3, -0.25) is 4.79 Å². The predicted octanol–water partition coefficient (Wildman–Crippen LogP) is 3.18. The number of phenolic OH excluding ortho intramolecular Hbond substituents is 1. The summed E-state index contributed by atoms with van der Waals surface area (Å²) in [5, 5.41) is 11.5. The Morgan fingerprint density at radius 2 is 1.95 bits per heavy atom. The number of aromatic hydroxyl groups is 1. The number of carbonyl (C=O) groups excluding carboxylic acids is 1. The summed E-state index contributed by atoms with van der Waals surface area (Å²) < 4.78 is 10.5. The van der Waals surface area contributed by atoms with Gasteiger partial charge >= 0.3 is 5.97 Å². The van der Waals surface area contributed by atoms with Gasteiger partial charge in [-0.2, -0.15) is 0 Å². The molecular formula is C15H16O4. The van der Waals surface area contributed by atoms with Crippen molar-refractivity contribution in [1.29, 1.82) is 0 Å². The van der Waals surface area contributed by atoms with E-state index in [1.54, 1.807) is 0 Å². The van der Waals surface area contributed by atoms with Crippen molar-refractivity contribution >= 4 is 16.7 Å². The molecular weight excluding hydrogens is 244 g/mol. The number of aryl methyl sites for hydroxylation is 1. The van der Waals surface area contributed by atoms with Crippen molar-refractivity contribution < 1.29 is 19.4 Å². The minimum atomic E-state index is -0.407. The normalized spacial score (nSPS) is 10.5. The van der Waals surface area contributed by atoms with E-state index >= 15 is 0 Å². The minimum Gasteiger partial charge on any atom is -0.504 e. The largest absolute Gasteiger partial charge is 0.504 e. The Labute approximate surface area is 111 Å². The number of hydrogen-bond donors (Lipinski definition) is 1. The summed E-state index contributed by atoms with van der Waals surface area (Å²) in [6, 6.07) is 7.09. The number of hydrogen-bond acceptors (Lipinski definition) is 4. The van der Waals surface area contributed by atoms with E-state index in [2.05, 4.69) is 0 Å². The van der Waals surface area contributed by atoms with E-state index in [-0.39, 0.29) is 5.75 Å². The topological polar surface area (TPSA) is 55.8 Å². The van der Waals surface area contributed by atoms with Gasteiger partial charge in [0.25, 0.3) is 0 Å². The summed E-state index contributed by atoms with van der Waals surface area (Å²) in [5.74, 6) is 0.368. The van der Waals surface area contributed by atoms with Gasteiger partial charge in [0.15, 0.2) is 11.5 Å². The van der Waals surface area contributed by atoms with E-state index in [0.29, 0.717) is 28.9 Å². The number of ether oxygens (including phenoxy) is 2. The van der Waals surface area contributed by atoms with Crippen molar-refractivity contribution in [3.63, 3.8) is 0 Å². The molecule has 0 unspecified atom stereocenters. The molecule has 0 aromatic heterocycles. The van der Waals surface area contributed by atoms with Crippen molar-refractivity contribution in [2.45, 2.75) is 20.8 Å². The van der Waals surface area contributed by atoms with Crippen LogP contribution < -0.4 is 9.47 Å². The van der Waals surface area contributed by atoms with Crippen LogP contribution >= 0.6 is 0 Å². The summed E-state index contributed by atoms with van der Waals surface area (Å²) in [4.78, 5) is 11.2. The first-order valence-corrected chi connectivity index (χ1v) is 6.10. The van der Waals surface area contributed by atoms with Crippen LogP contribution in [0.4, 0.5) is 0 Å². The van der Waals surface area contributed by atoms with Gasteiger partial charge < -0.3 is 14.6 Å². The van der Waals surface area contributed by atoms with Crippen LogP contribution in [-0.2, 0) is 4.79 Å². The van der Waals surface area contributed by atoms with E-state index < -0.39 is 5.97 Å². The zero-order valence-electron chi connectivity index (χ0n) is 11.2. The molecule has 2 aromatic carbocycles. The maximum Gasteiger partial charge on any atom is 0.308 e. The molecule has 19 heavy (non-hydrogen) atoms. The molecule has 2 aromatic rings. The van der Waals surface area contributed by atoms with Crippen LogP contribution in [0.2, 0.25) is 0 Å². The maximum atomic E-state index is 11.2. The van der Waals surface area contributed by atoms with Crippen molar-refractivity contribution in [2.24, 2.45) is 0 Å². The second kappa shape index (κ2) is 5.18. The first-order valence-electron chi connectivity index (χ1n) is 6.10. The maximum absolute atomic E-state index is 11.2. The van der Waals surface area contributed by atoms with E-state index in [1.165, 1.54) is 13.0 Å². The lowest BCUT2D eigenvalue weighted by atomic mass is 10.1. The molecule has 0 amide bonds. The van der Waals surface area contributed by atoms with Crippen molar-refractivity contribution in [3.05, 3.63) is 29.8 Å². The van der Waals surface area contributed by atoms with E-state index in [4.69, 9.17) is 9.47 Å². The number of esters is 1. The number of rotatable bonds is 3. The van der Waals surface area contributed by atoms with Crippen molar-refractivity contribution in [1.82, 2.24) is 0 Å². The lowest BCUT2D eigenvalue weighted by Crippen LogP contribution is -2.03. The molecule has 0 aliphatic heterocycles. The fourth-order valence-electron chi connectivity index (χ4n) is 1.97. The first-order chi connectivity index (χ1) is 9.02. The third-order valence-corrected chi connectivity index (χ3v) is 2.74. The molecule has 2 rings (SSSR count). The van der Waals surface area contributed by atoms with Crippen molar-refractivity contribution in [2.75, 3.05) is 6.61 Å². The molecule has 0 atom stereocenters. The summed E-state index contributed by atoms with van der Waals surface area (Å²) >= 11 is 0. The number of benzene rings is 2. The Bertz CT molecular complexity index is 632. The minimum absolute atomic E-state index is 0.0662. The van der Waals surface area contributed by atoms with E-state index in [1.807, 2.05) is 32.0 Å². The van der Waals surface area contributed by atoms with E-state index in [9.17, 15) is 9.90 Å². The first kappa shape index (κ1) is 13.2. The molecule has 1 N–H and O–H groups in total. The highest BCUT2D eigenvalue weighted by atomic mass is 16.5. The van der Waals surface area contributed by atoms with Crippen LogP contribution in [0.25, 0.3) is 10.8 Å². The zero-order chi connectivity index (χ0) is 14.0. The highest BCUT2D eigenvalue weighted by Crippen LogP contribution is 2.41. The Kier molecular flexibility index (Phi) is 3.60. The highest BCUT2D eigenvalue weighted by Gasteiger charge is 2.14. The average Bonchev–Trinajstić information content (AvgIpc) is 2.34. The molecule has 0 aliphatic carbocycles. The quantitative estimate of drug-likeness (QED) is 0.680. The van der Waals surface area contributed by atoms with E-state index in [0.717, 1.165) is 5.56 Å². The van der Waals surface area contributed by atoms with Crippen LogP contribution in [0.1, 0.15) is 19.4 Å². The van der Waals surface area contributed by atoms with Gasteiger partial charge in [0.05, 0.1) is 6.61 Å². The molecule has 0 aliphatic rings. The van der Waals surface area contributed by atoms with Gasteiger partial charge in [0.2, 0.25) is 0 Å². The Morgan fingerprint density at radius 1 is 1.21 bits per heavy atom. The lowest BCUT2D eigenvalue weighted by Gasteiger charge is -2.13. The van der Waals surface area contributed by atoms with Crippen LogP contribution in [0.15, 0.2) is 24.3 Å². The molecule has 0 saturated heterocycles. The van der Waals surface area contributed by atoms with Gasteiger partial charge in [0, 0.05) is 23.8 Å². The lowest BCUT2D eigenvalue weighted by molar-refractivity contribution is -0.131. The smallest absolute Gasteiger partial charge is 0.308 e. The fourth-order valence-corrected chi connectivity index (χ4v) is 1.97. The van der Waals surface area contributed by atoms with Crippen LogP contribution in [0.5, 0.6) is 17.2 Å². The third kappa shape index (κ3) is 2.62. The van der Waals surface area contributed by atoms with Crippen LogP contribution in [0, 0.1) is 6.92 Å². The molecule has 0 radical (unpaired) electrons. The summed E-state index contributed by atoms with van der Waals surface area (Å²) in [6.07, 6.45) is 0. The molecule has 0 fully saturated rings. The average molecular weight is 260 g/mol. The Hall–Kier alpha value is -2.23. The number of carbonyl (C=O) groups is 1. The van der Waals surface area contributed by atoms with Crippen molar-refractivity contribution in [3.8, 4) is 17.2 Å². The van der Waals surface area contributed by atoms with Gasteiger partial charge in [-0.1, -0.05) is 17.7 Å². The summed E-state index contributed by atoms with van der Waals surface area (Å²) in [6.45, 7) is 5.51. The van der Waals surface area contributed by atoms with Crippen LogP contribution in [-0.4, -0.2) is 17.7 Å². The molecule has 0 heterocycles. The monoisotopic (exact) mass is 260 g/mol.